The van der Waals surface area contributed by atoms with E-state index in [9.17, 15) is 5.11 Å². The van der Waals surface area contributed by atoms with Crippen LogP contribution >= 0.6 is 34.8 Å². The highest BCUT2D eigenvalue weighted by molar-refractivity contribution is 6.40. The van der Waals surface area contributed by atoms with Gasteiger partial charge in [0.2, 0.25) is 0 Å². The number of phenols is 2. The number of rotatable bonds is 0. The summed E-state index contributed by atoms with van der Waals surface area (Å²) in [6.45, 7) is 0. The molecule has 0 unspecified atom stereocenters. The number of phenolic OH excluding ortho intramolecular Hbond substituents is 2. The lowest BCUT2D eigenvalue weighted by atomic mass is 10.1. The second-order valence-corrected chi connectivity index (χ2v) is 5.47. The summed E-state index contributed by atoms with van der Waals surface area (Å²) in [4.78, 5) is 0. The van der Waals surface area contributed by atoms with E-state index in [4.69, 9.17) is 39.9 Å². The van der Waals surface area contributed by atoms with E-state index in [2.05, 4.69) is 0 Å². The molecule has 21 heavy (non-hydrogen) atoms. The minimum absolute atomic E-state index is 0.132. The van der Waals surface area contributed by atoms with Gasteiger partial charge in [0, 0.05) is 10.4 Å². The topological polar surface area (TPSA) is 40.5 Å². The second kappa shape index (κ2) is 6.90. The molecule has 3 rings (SSSR count). The quantitative estimate of drug-likeness (QED) is 0.534. The summed E-state index contributed by atoms with van der Waals surface area (Å²) in [5.41, 5.74) is 0. The highest BCUT2D eigenvalue weighted by atomic mass is 35.5. The maximum Gasteiger partial charge on any atom is 0.152 e. The van der Waals surface area contributed by atoms with Crippen LogP contribution in [-0.2, 0) is 0 Å². The van der Waals surface area contributed by atoms with Gasteiger partial charge in [-0.05, 0) is 23.6 Å². The molecule has 0 bridgehead atoms. The van der Waals surface area contributed by atoms with Gasteiger partial charge in [-0.2, -0.15) is 0 Å². The van der Waals surface area contributed by atoms with Crippen LogP contribution < -0.4 is 0 Å². The number of halogens is 3. The van der Waals surface area contributed by atoms with Gasteiger partial charge in [-0.15, -0.1) is 0 Å². The SMILES string of the molecule is Oc1c(Cl)cc(Cl)cc1Cl.Oc1cccc2ccccc12. The molecule has 0 aliphatic heterocycles. The molecule has 5 heteroatoms. The molecule has 0 saturated carbocycles. The first-order valence-electron chi connectivity index (χ1n) is 5.99. The maximum absolute atomic E-state index is 9.37. The minimum atomic E-state index is -0.132. The number of fused-ring (bicyclic) bond motifs is 1. The second-order valence-electron chi connectivity index (χ2n) is 4.22. The van der Waals surface area contributed by atoms with Crippen LogP contribution in [0.3, 0.4) is 0 Å². The Morgan fingerprint density at radius 1 is 0.714 bits per heavy atom. The molecular weight excluding hydrogens is 331 g/mol. The standard InChI is InChI=1S/C10H8O.C6H3Cl3O/c11-10-7-3-5-8-4-1-2-6-9(8)10;7-3-1-4(8)6(10)5(9)2-3/h1-7,11H;1-2,10H. The molecule has 0 saturated heterocycles. The smallest absolute Gasteiger partial charge is 0.152 e. The third-order valence-electron chi connectivity index (χ3n) is 2.75. The van der Waals surface area contributed by atoms with Gasteiger partial charge in [-0.3, -0.25) is 0 Å². The fourth-order valence-electron chi connectivity index (χ4n) is 1.74. The van der Waals surface area contributed by atoms with Gasteiger partial charge in [-0.25, -0.2) is 0 Å². The molecule has 0 radical (unpaired) electrons. The van der Waals surface area contributed by atoms with Crippen molar-refractivity contribution in [3.63, 3.8) is 0 Å². The summed E-state index contributed by atoms with van der Waals surface area (Å²) in [6, 6.07) is 16.1. The molecular formula is C16H11Cl3O2. The Kier molecular flexibility index (Phi) is 5.18. The predicted octanol–water partition coefficient (Wildman–Crippen LogP) is 5.90. The van der Waals surface area contributed by atoms with Gasteiger partial charge in [0.25, 0.3) is 0 Å². The summed E-state index contributed by atoms with van der Waals surface area (Å²) in [5, 5.41) is 21.1. The normalized spacial score (nSPS) is 10.0. The average Bonchev–Trinajstić information content (AvgIpc) is 2.46. The van der Waals surface area contributed by atoms with E-state index in [-0.39, 0.29) is 15.8 Å². The van der Waals surface area contributed by atoms with Gasteiger partial charge in [0.05, 0.1) is 10.0 Å². The van der Waals surface area contributed by atoms with Crippen molar-refractivity contribution in [2.45, 2.75) is 0 Å². The van der Waals surface area contributed by atoms with Crippen LogP contribution in [0.15, 0.2) is 54.6 Å². The van der Waals surface area contributed by atoms with Gasteiger partial charge in [0.1, 0.15) is 5.75 Å². The predicted molar refractivity (Wildman–Crippen MR) is 88.7 cm³/mol. The van der Waals surface area contributed by atoms with Crippen molar-refractivity contribution in [1.29, 1.82) is 0 Å². The van der Waals surface area contributed by atoms with Crippen LogP contribution in [0.25, 0.3) is 10.8 Å². The lowest BCUT2D eigenvalue weighted by Crippen LogP contribution is -1.70. The zero-order chi connectivity index (χ0) is 15.4. The molecule has 0 atom stereocenters. The van der Waals surface area contributed by atoms with Crippen LogP contribution in [0.5, 0.6) is 11.5 Å². The van der Waals surface area contributed by atoms with E-state index < -0.39 is 0 Å². The fraction of sp³-hybridized carbons (Fsp3) is 0. The molecule has 108 valence electrons. The van der Waals surface area contributed by atoms with E-state index >= 15 is 0 Å². The van der Waals surface area contributed by atoms with Crippen molar-refractivity contribution in [2.24, 2.45) is 0 Å². The van der Waals surface area contributed by atoms with E-state index in [1.807, 2.05) is 36.4 Å². The molecule has 3 aromatic carbocycles. The summed E-state index contributed by atoms with van der Waals surface area (Å²) in [7, 11) is 0. The van der Waals surface area contributed by atoms with Crippen molar-refractivity contribution in [3.05, 3.63) is 69.7 Å². The van der Waals surface area contributed by atoms with E-state index in [0.717, 1.165) is 10.8 Å². The number of benzene rings is 3. The Morgan fingerprint density at radius 3 is 1.90 bits per heavy atom. The summed E-state index contributed by atoms with van der Waals surface area (Å²) in [5.74, 6) is 0.218. The first-order valence-corrected chi connectivity index (χ1v) is 7.12. The minimum Gasteiger partial charge on any atom is -0.507 e. The van der Waals surface area contributed by atoms with Gasteiger partial charge in [0.15, 0.2) is 5.75 Å². The molecule has 2 nitrogen and oxygen atoms in total. The maximum atomic E-state index is 9.37. The van der Waals surface area contributed by atoms with E-state index in [0.29, 0.717) is 10.8 Å². The molecule has 0 fully saturated rings. The largest absolute Gasteiger partial charge is 0.507 e. The molecule has 3 aromatic rings. The molecule has 0 aliphatic carbocycles. The molecule has 0 spiro atoms. The zero-order valence-corrected chi connectivity index (χ0v) is 13.0. The number of hydrogen-bond donors (Lipinski definition) is 2. The molecule has 0 amide bonds. The van der Waals surface area contributed by atoms with Crippen LogP contribution in [0.4, 0.5) is 0 Å². The Morgan fingerprint density at radius 2 is 1.29 bits per heavy atom. The third-order valence-corrected chi connectivity index (χ3v) is 3.54. The Bertz CT molecular complexity index is 744. The van der Waals surface area contributed by atoms with Crippen molar-refractivity contribution in [2.75, 3.05) is 0 Å². The summed E-state index contributed by atoms with van der Waals surface area (Å²) < 4.78 is 0. The van der Waals surface area contributed by atoms with Crippen LogP contribution in [0, 0.1) is 0 Å². The number of hydrogen-bond acceptors (Lipinski definition) is 2. The average molecular weight is 342 g/mol. The monoisotopic (exact) mass is 340 g/mol. The first-order chi connectivity index (χ1) is 9.99. The fourth-order valence-corrected chi connectivity index (χ4v) is 2.56. The molecule has 2 N–H and O–H groups in total. The van der Waals surface area contributed by atoms with Crippen LogP contribution in [0.2, 0.25) is 15.1 Å². The Balaban J connectivity index is 0.000000155. The Hall–Kier alpha value is -1.61. The van der Waals surface area contributed by atoms with E-state index in [1.54, 1.807) is 6.07 Å². The zero-order valence-electron chi connectivity index (χ0n) is 10.7. The van der Waals surface area contributed by atoms with Gasteiger partial charge in [-0.1, -0.05) is 71.2 Å². The van der Waals surface area contributed by atoms with E-state index in [1.165, 1.54) is 12.1 Å². The summed E-state index contributed by atoms with van der Waals surface area (Å²) in [6.07, 6.45) is 0. The lowest BCUT2D eigenvalue weighted by Gasteiger charge is -1.98. The van der Waals surface area contributed by atoms with Crippen LogP contribution in [-0.4, -0.2) is 10.2 Å². The highest BCUT2D eigenvalue weighted by Crippen LogP contribution is 2.34. The van der Waals surface area contributed by atoms with Crippen molar-refractivity contribution >= 4 is 45.6 Å². The molecule has 0 aromatic heterocycles. The summed E-state index contributed by atoms with van der Waals surface area (Å²) >= 11 is 16.5. The highest BCUT2D eigenvalue weighted by Gasteiger charge is 2.04. The first kappa shape index (κ1) is 15.8. The number of aromatic hydroxyl groups is 2. The van der Waals surface area contributed by atoms with Gasteiger partial charge >= 0.3 is 0 Å². The molecule has 0 aliphatic rings. The van der Waals surface area contributed by atoms with Crippen molar-refractivity contribution < 1.29 is 10.2 Å². The van der Waals surface area contributed by atoms with Crippen molar-refractivity contribution in [3.8, 4) is 11.5 Å². The van der Waals surface area contributed by atoms with Gasteiger partial charge < -0.3 is 10.2 Å². The molecule has 0 heterocycles. The van der Waals surface area contributed by atoms with Crippen LogP contribution in [0.1, 0.15) is 0 Å². The van der Waals surface area contributed by atoms with Crippen molar-refractivity contribution in [1.82, 2.24) is 0 Å². The lowest BCUT2D eigenvalue weighted by molar-refractivity contribution is 0.476. The third kappa shape index (κ3) is 3.94. The Labute approximate surface area is 137 Å².